The molecule has 1 aliphatic rings. The second-order valence-electron chi connectivity index (χ2n) is 5.23. The van der Waals surface area contributed by atoms with Gasteiger partial charge in [-0.25, -0.2) is 0 Å². The molecular weight excluding hydrogens is 276 g/mol. The summed E-state index contributed by atoms with van der Waals surface area (Å²) in [5.74, 6) is 0.409. The highest BCUT2D eigenvalue weighted by Gasteiger charge is 2.23. The van der Waals surface area contributed by atoms with Crippen molar-refractivity contribution in [1.29, 1.82) is 0 Å². The molecule has 20 heavy (non-hydrogen) atoms. The lowest BCUT2D eigenvalue weighted by Crippen LogP contribution is -2.40. The van der Waals surface area contributed by atoms with E-state index in [9.17, 15) is 4.79 Å². The molecule has 0 bridgehead atoms. The van der Waals surface area contributed by atoms with Crippen LogP contribution < -0.4 is 11.1 Å². The van der Waals surface area contributed by atoms with Crippen LogP contribution in [0.25, 0.3) is 0 Å². The first-order valence-electron chi connectivity index (χ1n) is 6.85. The predicted molar refractivity (Wildman–Crippen MR) is 81.8 cm³/mol. The summed E-state index contributed by atoms with van der Waals surface area (Å²) < 4.78 is 5.41. The highest BCUT2D eigenvalue weighted by atomic mass is 35.5. The zero-order chi connectivity index (χ0) is 13.7. The molecule has 0 radical (unpaired) electrons. The van der Waals surface area contributed by atoms with E-state index < -0.39 is 6.04 Å². The number of halogens is 1. The van der Waals surface area contributed by atoms with Crippen LogP contribution >= 0.6 is 12.4 Å². The molecule has 1 aromatic carbocycles. The third kappa shape index (κ3) is 4.78. The Kier molecular flexibility index (Phi) is 6.99. The van der Waals surface area contributed by atoms with Crippen LogP contribution in [0.15, 0.2) is 30.3 Å². The lowest BCUT2D eigenvalue weighted by molar-refractivity contribution is -0.122. The summed E-state index contributed by atoms with van der Waals surface area (Å²) in [6.07, 6.45) is 1.97. The molecule has 1 aliphatic heterocycles. The lowest BCUT2D eigenvalue weighted by Gasteiger charge is -2.23. The van der Waals surface area contributed by atoms with E-state index in [-0.39, 0.29) is 24.4 Å². The van der Waals surface area contributed by atoms with E-state index in [2.05, 4.69) is 5.32 Å². The number of rotatable bonds is 5. The van der Waals surface area contributed by atoms with Crippen molar-refractivity contribution in [3.05, 3.63) is 35.9 Å². The number of amides is 1. The molecule has 112 valence electrons. The van der Waals surface area contributed by atoms with Gasteiger partial charge in [0.25, 0.3) is 0 Å². The van der Waals surface area contributed by atoms with Gasteiger partial charge >= 0.3 is 0 Å². The molecule has 1 heterocycles. The van der Waals surface area contributed by atoms with Gasteiger partial charge in [0.1, 0.15) is 0 Å². The quantitative estimate of drug-likeness (QED) is 0.874. The van der Waals surface area contributed by atoms with E-state index >= 15 is 0 Å². The average Bonchev–Trinajstić information content (AvgIpc) is 2.91. The van der Waals surface area contributed by atoms with Crippen LogP contribution in [0.2, 0.25) is 0 Å². The van der Waals surface area contributed by atoms with Gasteiger partial charge < -0.3 is 15.8 Å². The molecule has 3 N–H and O–H groups in total. The second kappa shape index (κ2) is 8.25. The predicted octanol–water partition coefficient (Wildman–Crippen LogP) is 2.04. The van der Waals surface area contributed by atoms with E-state index in [0.29, 0.717) is 5.92 Å². The van der Waals surface area contributed by atoms with Gasteiger partial charge in [-0.15, -0.1) is 12.4 Å². The maximum atomic E-state index is 11.8. The lowest BCUT2D eigenvalue weighted by atomic mass is 9.94. The maximum absolute atomic E-state index is 11.8. The molecule has 3 unspecified atom stereocenters. The Labute approximate surface area is 126 Å². The molecular formula is C15H23ClN2O2. The fraction of sp³-hybridized carbons (Fsp3) is 0.533. The van der Waals surface area contributed by atoms with Gasteiger partial charge in [0.2, 0.25) is 5.91 Å². The number of benzene rings is 1. The van der Waals surface area contributed by atoms with Crippen LogP contribution in [0.3, 0.4) is 0 Å². The van der Waals surface area contributed by atoms with Crippen LogP contribution in [0.1, 0.15) is 31.4 Å². The molecule has 1 aromatic rings. The van der Waals surface area contributed by atoms with Crippen LogP contribution in [0, 0.1) is 5.92 Å². The molecule has 0 saturated carbocycles. The zero-order valence-electron chi connectivity index (χ0n) is 11.7. The Hall–Kier alpha value is -1.10. The summed E-state index contributed by atoms with van der Waals surface area (Å²) in [4.78, 5) is 11.8. The minimum absolute atomic E-state index is 0. The van der Waals surface area contributed by atoms with E-state index in [1.165, 1.54) is 0 Å². The van der Waals surface area contributed by atoms with Crippen molar-refractivity contribution < 1.29 is 9.53 Å². The number of hydrogen-bond acceptors (Lipinski definition) is 3. The summed E-state index contributed by atoms with van der Waals surface area (Å²) in [5.41, 5.74) is 6.76. The molecule has 0 spiro atoms. The van der Waals surface area contributed by atoms with Gasteiger partial charge in [-0.1, -0.05) is 30.3 Å². The summed E-state index contributed by atoms with van der Waals surface area (Å²) in [5, 5.41) is 3.04. The third-order valence-electron chi connectivity index (χ3n) is 3.53. The smallest absolute Gasteiger partial charge is 0.237 e. The molecule has 0 aromatic heterocycles. The van der Waals surface area contributed by atoms with Crippen LogP contribution in [-0.4, -0.2) is 25.2 Å². The first-order valence-corrected chi connectivity index (χ1v) is 6.85. The molecule has 1 fully saturated rings. The van der Waals surface area contributed by atoms with Gasteiger partial charge in [0.15, 0.2) is 0 Å². The first-order chi connectivity index (χ1) is 9.16. The van der Waals surface area contributed by atoms with Crippen molar-refractivity contribution in [1.82, 2.24) is 5.32 Å². The van der Waals surface area contributed by atoms with Gasteiger partial charge in [-0.2, -0.15) is 0 Å². The monoisotopic (exact) mass is 298 g/mol. The summed E-state index contributed by atoms with van der Waals surface area (Å²) in [6, 6.07) is 9.59. The summed E-state index contributed by atoms with van der Waals surface area (Å²) in [6.45, 7) is 3.32. The Morgan fingerprint density at radius 2 is 2.15 bits per heavy atom. The van der Waals surface area contributed by atoms with Crippen LogP contribution in [-0.2, 0) is 9.53 Å². The Morgan fingerprint density at radius 1 is 1.45 bits per heavy atom. The number of carbonyl (C=O) groups is 1. The topological polar surface area (TPSA) is 64.4 Å². The minimum atomic E-state index is -0.481. The number of nitrogens with two attached hydrogens (primary N) is 1. The Morgan fingerprint density at radius 3 is 2.70 bits per heavy atom. The van der Waals surface area contributed by atoms with Gasteiger partial charge in [-0.05, 0) is 31.2 Å². The first kappa shape index (κ1) is 17.0. The molecule has 5 heteroatoms. The number of nitrogens with one attached hydrogen (secondary N) is 1. The molecule has 4 nitrogen and oxygen atoms in total. The van der Waals surface area contributed by atoms with Crippen molar-refractivity contribution in [2.45, 2.75) is 31.8 Å². The minimum Gasteiger partial charge on any atom is -0.381 e. The molecule has 0 aliphatic carbocycles. The summed E-state index contributed by atoms with van der Waals surface area (Å²) >= 11 is 0. The molecule has 2 rings (SSSR count). The fourth-order valence-electron chi connectivity index (χ4n) is 2.37. The van der Waals surface area contributed by atoms with E-state index in [4.69, 9.17) is 10.5 Å². The van der Waals surface area contributed by atoms with Crippen molar-refractivity contribution in [3.63, 3.8) is 0 Å². The van der Waals surface area contributed by atoms with Crippen molar-refractivity contribution in [2.24, 2.45) is 11.7 Å². The standard InChI is InChI=1S/C15H22N2O2.ClH/c1-11(16)15(18)17-14(9-12-7-8-19-10-12)13-5-3-2-4-6-13;/h2-6,11-12,14H,7-10,16H2,1H3,(H,17,18);1H. The number of ether oxygens (including phenoxy) is 1. The average molecular weight is 299 g/mol. The van der Waals surface area contributed by atoms with Crippen LogP contribution in [0.5, 0.6) is 0 Å². The highest BCUT2D eigenvalue weighted by Crippen LogP contribution is 2.26. The SMILES string of the molecule is CC(N)C(=O)NC(CC1CCOC1)c1ccccc1.Cl. The van der Waals surface area contributed by atoms with Crippen LogP contribution in [0.4, 0.5) is 0 Å². The van der Waals surface area contributed by atoms with E-state index in [1.54, 1.807) is 6.92 Å². The van der Waals surface area contributed by atoms with Crippen molar-refractivity contribution >= 4 is 18.3 Å². The Balaban J connectivity index is 0.00000200. The number of carbonyl (C=O) groups excluding carboxylic acids is 1. The van der Waals surface area contributed by atoms with Crippen molar-refractivity contribution in [3.8, 4) is 0 Å². The highest BCUT2D eigenvalue weighted by molar-refractivity contribution is 5.85. The van der Waals surface area contributed by atoms with Gasteiger partial charge in [0.05, 0.1) is 12.1 Å². The van der Waals surface area contributed by atoms with Gasteiger partial charge in [-0.3, -0.25) is 4.79 Å². The molecule has 1 saturated heterocycles. The maximum Gasteiger partial charge on any atom is 0.237 e. The largest absolute Gasteiger partial charge is 0.381 e. The molecule has 3 atom stereocenters. The third-order valence-corrected chi connectivity index (χ3v) is 3.53. The van der Waals surface area contributed by atoms with Crippen molar-refractivity contribution in [2.75, 3.05) is 13.2 Å². The molecule has 1 amide bonds. The van der Waals surface area contributed by atoms with E-state index in [1.807, 2.05) is 30.3 Å². The fourth-order valence-corrected chi connectivity index (χ4v) is 2.37. The normalized spacial score (nSPS) is 20.8. The van der Waals surface area contributed by atoms with Gasteiger partial charge in [0, 0.05) is 13.2 Å². The Bertz CT molecular complexity index is 406. The van der Waals surface area contributed by atoms with E-state index in [0.717, 1.165) is 31.6 Å². The second-order valence-corrected chi connectivity index (χ2v) is 5.23. The zero-order valence-corrected chi connectivity index (χ0v) is 12.6. The number of hydrogen-bond donors (Lipinski definition) is 2. The summed E-state index contributed by atoms with van der Waals surface area (Å²) in [7, 11) is 0.